The number of pyridine rings is 1. The first-order valence-electron chi connectivity index (χ1n) is 17.8. The maximum absolute atomic E-state index is 9.69. The van der Waals surface area contributed by atoms with Crippen LogP contribution in [0.4, 0.5) is 5.69 Å². The van der Waals surface area contributed by atoms with Crippen molar-refractivity contribution in [1.29, 1.82) is 0 Å². The molecule has 1 aromatic carbocycles. The zero-order chi connectivity index (χ0) is 38.8. The quantitative estimate of drug-likeness (QED) is 0.218. The summed E-state index contributed by atoms with van der Waals surface area (Å²) in [5.74, 6) is 0.638. The van der Waals surface area contributed by atoms with E-state index in [4.69, 9.17) is 25.2 Å². The van der Waals surface area contributed by atoms with E-state index in [1.807, 2.05) is 23.7 Å². The monoisotopic (exact) mass is 715 g/mol. The Bertz CT molecular complexity index is 1120. The molecule has 12 nitrogen and oxygen atoms in total. The number of ether oxygens (including phenoxy) is 1. The second-order valence-corrected chi connectivity index (χ2v) is 17.6. The molecule has 2 aliphatic heterocycles. The number of piperidine rings is 1. The van der Waals surface area contributed by atoms with E-state index >= 15 is 0 Å². The SMILES string of the molecule is C[N+](C)(C)CC(O)C[N+](C)(C)C.C[N+](C)(C)c1cccc(O)c1.C[N+]1(C)CCC(O)CC1.C[N+]1(CCO)CCOCC1.C[n+]1ccc(O)cc1. The highest BCUT2D eigenvalue weighted by molar-refractivity contribution is 5.45. The standard InChI is InChI=1S/C9H24N2O.C9H13NO.C7H16NO2.C7H16NO.C6H7NO/c1-10(2,3)7-9(12)8-11(4,5)6;1-10(2,3)8-5-4-6-9(11)7-8;1-8(2-5-9)3-6-10-7-4-8;1-8(2)5-3-7(9)4-6-8;1-7-4-2-6(8)3-5-7/h9,12H,7-8H2,1-6H3;4-7H,1-3H3;9H,2-7H2,1H3;7,9H,3-6H2,1-2H3;2-5H,1H3/q+2;;2*+1;/p+2. The average molecular weight is 715 g/mol. The van der Waals surface area contributed by atoms with Gasteiger partial charge in [0.05, 0.1) is 124 Å². The Morgan fingerprint density at radius 2 is 1.26 bits per heavy atom. The summed E-state index contributed by atoms with van der Waals surface area (Å²) < 4.78 is 11.5. The van der Waals surface area contributed by atoms with Gasteiger partial charge < -0.3 is 48.2 Å². The van der Waals surface area contributed by atoms with E-state index in [1.165, 1.54) is 0 Å². The van der Waals surface area contributed by atoms with Gasteiger partial charge in [-0.3, -0.25) is 4.48 Å². The Balaban J connectivity index is 0.000000603. The molecule has 5 N–H and O–H groups in total. The van der Waals surface area contributed by atoms with Crippen molar-refractivity contribution in [2.75, 3.05) is 150 Å². The molecule has 0 aliphatic carbocycles. The molecule has 0 unspecified atom stereocenters. The molecule has 4 rings (SSSR count). The fourth-order valence-corrected chi connectivity index (χ4v) is 5.23. The predicted molar refractivity (Wildman–Crippen MR) is 205 cm³/mol. The number of aliphatic hydroxyl groups is 3. The maximum atomic E-state index is 9.69. The van der Waals surface area contributed by atoms with Crippen molar-refractivity contribution in [3.63, 3.8) is 0 Å². The van der Waals surface area contributed by atoms with Gasteiger partial charge >= 0.3 is 0 Å². The van der Waals surface area contributed by atoms with Crippen LogP contribution >= 0.6 is 0 Å². The second-order valence-electron chi connectivity index (χ2n) is 17.6. The van der Waals surface area contributed by atoms with E-state index < -0.39 is 0 Å². The van der Waals surface area contributed by atoms with Gasteiger partial charge in [-0.1, -0.05) is 6.07 Å². The average Bonchev–Trinajstić information content (AvgIpc) is 2.96. The van der Waals surface area contributed by atoms with Gasteiger partial charge in [0, 0.05) is 31.0 Å². The van der Waals surface area contributed by atoms with Gasteiger partial charge in [-0.05, 0) is 12.1 Å². The van der Waals surface area contributed by atoms with E-state index in [-0.39, 0.29) is 18.8 Å². The fraction of sp³-hybridized carbons (Fsp3) is 0.711. The third-order valence-corrected chi connectivity index (χ3v) is 8.41. The lowest BCUT2D eigenvalue weighted by molar-refractivity contribution is -0.917. The minimum atomic E-state index is -0.204. The molecule has 0 amide bonds. The van der Waals surface area contributed by atoms with Crippen LogP contribution in [0.5, 0.6) is 11.5 Å². The highest BCUT2D eigenvalue weighted by Gasteiger charge is 2.25. The number of phenols is 1. The molecule has 12 heteroatoms. The van der Waals surface area contributed by atoms with Crippen molar-refractivity contribution >= 4 is 5.69 Å². The van der Waals surface area contributed by atoms with Crippen LogP contribution in [-0.4, -0.2) is 206 Å². The summed E-state index contributed by atoms with van der Waals surface area (Å²) in [6, 6.07) is 10.6. The van der Waals surface area contributed by atoms with Crippen molar-refractivity contribution in [1.82, 2.24) is 4.48 Å². The largest absolute Gasteiger partial charge is 0.508 e. The first-order chi connectivity index (χ1) is 22.8. The predicted octanol–water partition coefficient (Wildman–Crippen LogP) is 1.24. The number of rotatable bonds is 7. The molecule has 3 heterocycles. The Morgan fingerprint density at radius 3 is 1.60 bits per heavy atom. The molecule has 2 saturated heterocycles. The number of likely N-dealkylation sites (tertiary alicyclic amines) is 1. The maximum Gasteiger partial charge on any atom is 0.172 e. The zero-order valence-electron chi connectivity index (χ0n) is 34.1. The Labute approximate surface area is 305 Å². The molecule has 50 heavy (non-hydrogen) atoms. The van der Waals surface area contributed by atoms with Crippen LogP contribution in [0, 0.1) is 0 Å². The number of morpholine rings is 1. The van der Waals surface area contributed by atoms with Crippen molar-refractivity contribution in [2.24, 2.45) is 7.05 Å². The zero-order valence-corrected chi connectivity index (χ0v) is 34.1. The number of aliphatic hydroxyl groups excluding tert-OH is 3. The van der Waals surface area contributed by atoms with E-state index in [2.05, 4.69) is 84.6 Å². The second kappa shape index (κ2) is 21.9. The van der Waals surface area contributed by atoms with Crippen LogP contribution in [-0.2, 0) is 11.8 Å². The number of hydrogen-bond acceptors (Lipinski definition) is 6. The highest BCUT2D eigenvalue weighted by Crippen LogP contribution is 2.21. The molecule has 0 bridgehead atoms. The topological polar surface area (TPSA) is 114 Å². The van der Waals surface area contributed by atoms with Crippen molar-refractivity contribution < 1.29 is 52.8 Å². The molecule has 1 aromatic heterocycles. The van der Waals surface area contributed by atoms with Crippen LogP contribution in [0.2, 0.25) is 0 Å². The van der Waals surface area contributed by atoms with Gasteiger partial charge in [-0.2, -0.15) is 0 Å². The van der Waals surface area contributed by atoms with Gasteiger partial charge in [0.1, 0.15) is 57.0 Å². The lowest BCUT2D eigenvalue weighted by Crippen LogP contribution is -2.53. The summed E-state index contributed by atoms with van der Waals surface area (Å²) in [4.78, 5) is 0. The normalized spacial score (nSPS) is 17.4. The fourth-order valence-electron chi connectivity index (χ4n) is 5.23. The highest BCUT2D eigenvalue weighted by atomic mass is 16.5. The van der Waals surface area contributed by atoms with E-state index in [9.17, 15) is 5.11 Å². The molecule has 0 spiro atoms. The van der Waals surface area contributed by atoms with Crippen LogP contribution in [0.3, 0.4) is 0 Å². The van der Waals surface area contributed by atoms with Gasteiger partial charge in [0.15, 0.2) is 18.5 Å². The molecular weight excluding hydrogens is 636 g/mol. The Morgan fingerprint density at radius 1 is 0.780 bits per heavy atom. The lowest BCUT2D eigenvalue weighted by atomic mass is 10.1. The minimum absolute atomic E-state index is 0.0175. The van der Waals surface area contributed by atoms with E-state index in [0.717, 1.165) is 100.0 Å². The van der Waals surface area contributed by atoms with Crippen LogP contribution in [0.15, 0.2) is 48.8 Å². The van der Waals surface area contributed by atoms with Crippen molar-refractivity contribution in [3.05, 3.63) is 48.8 Å². The molecule has 0 atom stereocenters. The third kappa shape index (κ3) is 25.5. The molecule has 2 aliphatic rings. The van der Waals surface area contributed by atoms with Crippen molar-refractivity contribution in [2.45, 2.75) is 25.0 Å². The summed E-state index contributed by atoms with van der Waals surface area (Å²) in [7, 11) is 27.3. The number of benzene rings is 1. The Hall–Kier alpha value is -2.39. The van der Waals surface area contributed by atoms with E-state index in [1.54, 1.807) is 36.7 Å². The minimum Gasteiger partial charge on any atom is -0.508 e. The van der Waals surface area contributed by atoms with Crippen LogP contribution < -0.4 is 9.05 Å². The molecule has 0 saturated carbocycles. The van der Waals surface area contributed by atoms with Gasteiger partial charge in [0.25, 0.3) is 0 Å². The van der Waals surface area contributed by atoms with Crippen molar-refractivity contribution in [3.8, 4) is 11.5 Å². The van der Waals surface area contributed by atoms with E-state index in [0.29, 0.717) is 11.5 Å². The van der Waals surface area contributed by atoms with Gasteiger partial charge in [-0.15, -0.1) is 0 Å². The number of aromatic nitrogens is 1. The first kappa shape index (κ1) is 47.6. The van der Waals surface area contributed by atoms with Crippen LogP contribution in [0.25, 0.3) is 0 Å². The van der Waals surface area contributed by atoms with Crippen LogP contribution in [0.1, 0.15) is 12.8 Å². The molecule has 0 radical (unpaired) electrons. The molecule has 2 aromatic rings. The molecular formula is C38H78N6O6+6. The molecule has 290 valence electrons. The number of nitrogens with zero attached hydrogens (tertiary/aromatic N) is 6. The first-order valence-corrected chi connectivity index (χ1v) is 17.8. The van der Waals surface area contributed by atoms with Gasteiger partial charge in [-0.25, -0.2) is 4.57 Å². The Kier molecular flexibility index (Phi) is 20.8. The number of hydrogen-bond donors (Lipinski definition) is 5. The lowest BCUT2D eigenvalue weighted by Gasteiger charge is -2.36. The number of aryl methyl sites for hydroxylation is 1. The smallest absolute Gasteiger partial charge is 0.172 e. The number of phenolic OH excluding ortho intramolecular Hbond substituents is 1. The summed E-state index contributed by atoms with van der Waals surface area (Å²) in [6.07, 6.45) is 5.31. The number of likely N-dealkylation sites (N-methyl/N-ethyl adjacent to an activating group) is 3. The summed E-state index contributed by atoms with van der Waals surface area (Å²) in [5.41, 5.74) is 1.10. The number of aromatic hydroxyl groups is 2. The molecule has 2 fully saturated rings. The summed E-state index contributed by atoms with van der Waals surface area (Å²) in [5, 5.41) is 45.5. The van der Waals surface area contributed by atoms with Gasteiger partial charge in [0.2, 0.25) is 0 Å². The number of quaternary nitrogens is 5. The summed E-state index contributed by atoms with van der Waals surface area (Å²) in [6.45, 7) is 8.81. The third-order valence-electron chi connectivity index (χ3n) is 8.41. The summed E-state index contributed by atoms with van der Waals surface area (Å²) >= 11 is 0.